The summed E-state index contributed by atoms with van der Waals surface area (Å²) in [4.78, 5) is 38.5. The van der Waals surface area contributed by atoms with Crippen LogP contribution in [0.2, 0.25) is 5.02 Å². The Balaban J connectivity index is 2.51. The number of imide groups is 1. The summed E-state index contributed by atoms with van der Waals surface area (Å²) in [7, 11) is 1.35. The van der Waals surface area contributed by atoms with Crippen molar-refractivity contribution in [2.75, 3.05) is 25.3 Å². The van der Waals surface area contributed by atoms with Crippen LogP contribution in [0.15, 0.2) is 23.3 Å². The molecule has 2 amide bonds. The van der Waals surface area contributed by atoms with Crippen molar-refractivity contribution in [2.45, 2.75) is 32.9 Å². The number of anilines is 1. The predicted molar refractivity (Wildman–Crippen MR) is 112 cm³/mol. The van der Waals surface area contributed by atoms with Gasteiger partial charge < -0.3 is 4.74 Å². The van der Waals surface area contributed by atoms with Crippen molar-refractivity contribution in [1.82, 2.24) is 0 Å². The van der Waals surface area contributed by atoms with Crippen LogP contribution in [0, 0.1) is 6.92 Å². The van der Waals surface area contributed by atoms with Crippen molar-refractivity contribution in [2.24, 2.45) is 0 Å². The molecule has 0 spiro atoms. The quantitative estimate of drug-likeness (QED) is 0.423. The van der Waals surface area contributed by atoms with Crippen molar-refractivity contribution in [3.05, 3.63) is 39.4 Å². The molecule has 0 N–H and O–H groups in total. The molecule has 5 nitrogen and oxygen atoms in total. The normalized spacial score (nSPS) is 16.2. The van der Waals surface area contributed by atoms with Crippen molar-refractivity contribution >= 4 is 48.3 Å². The van der Waals surface area contributed by atoms with E-state index >= 15 is 0 Å². The van der Waals surface area contributed by atoms with E-state index < -0.39 is 12.5 Å². The number of ether oxygens (including phenoxy) is 1. The van der Waals surface area contributed by atoms with Gasteiger partial charge in [0.05, 0.1) is 18.5 Å². The van der Waals surface area contributed by atoms with Crippen molar-refractivity contribution in [3.8, 4) is 0 Å². The zero-order chi connectivity index (χ0) is 20.7. The molecule has 146 valence electrons. The number of carbonyl (C=O) groups excluding carboxylic acids is 3. The maximum absolute atomic E-state index is 12.5. The number of halogens is 1. The summed E-state index contributed by atoms with van der Waals surface area (Å²) < 4.78 is 4.95. The first kappa shape index (κ1) is 21.5. The van der Waals surface area contributed by atoms with Gasteiger partial charge in [-0.25, -0.2) is 4.90 Å². The average molecular weight is 410 g/mol. The van der Waals surface area contributed by atoms with Crippen LogP contribution in [0.25, 0.3) is 0 Å². The number of carbonyl (C=O) groups is 3. The molecule has 1 aliphatic rings. The maximum Gasteiger partial charge on any atom is 0.313 e. The van der Waals surface area contributed by atoms with Gasteiger partial charge in [-0.1, -0.05) is 11.6 Å². The summed E-state index contributed by atoms with van der Waals surface area (Å²) in [5, 5.41) is 0.485. The van der Waals surface area contributed by atoms with Crippen LogP contribution < -0.4 is 4.90 Å². The lowest BCUT2D eigenvalue weighted by Crippen LogP contribution is -2.32. The third-order valence-electron chi connectivity index (χ3n) is 4.95. The minimum atomic E-state index is -1.82. The van der Waals surface area contributed by atoms with E-state index in [0.29, 0.717) is 39.4 Å². The molecule has 0 fully saturated rings. The molecule has 0 radical (unpaired) electrons. The lowest BCUT2D eigenvalue weighted by Gasteiger charge is -2.25. The molecular formula is C20H25ClNO4P. The van der Waals surface area contributed by atoms with E-state index in [-0.39, 0.29) is 17.8 Å². The van der Waals surface area contributed by atoms with E-state index in [0.717, 1.165) is 0 Å². The van der Waals surface area contributed by atoms with E-state index in [4.69, 9.17) is 16.3 Å². The number of methoxy groups -OCH3 is 1. The maximum atomic E-state index is 12.5. The largest absolute Gasteiger partial charge is 0.469 e. The fourth-order valence-corrected chi connectivity index (χ4v) is 4.69. The fourth-order valence-electron chi connectivity index (χ4n) is 3.03. The number of esters is 1. The van der Waals surface area contributed by atoms with Crippen LogP contribution in [-0.4, -0.2) is 50.2 Å². The molecular weight excluding hydrogens is 385 g/mol. The molecule has 2 rings (SSSR count). The Labute approximate surface area is 165 Å². The number of amides is 2. The summed E-state index contributed by atoms with van der Waals surface area (Å²) >= 11 is 6.42. The van der Waals surface area contributed by atoms with E-state index in [9.17, 15) is 14.4 Å². The smallest absolute Gasteiger partial charge is 0.313 e. The Bertz CT molecular complexity index is 889. The third kappa shape index (κ3) is 4.04. The monoisotopic (exact) mass is 409 g/mol. The highest BCUT2D eigenvalue weighted by molar-refractivity contribution is 7.73. The minimum Gasteiger partial charge on any atom is -0.469 e. The van der Waals surface area contributed by atoms with Gasteiger partial charge in [0.15, 0.2) is 0 Å². The Kier molecular flexibility index (Phi) is 6.08. The van der Waals surface area contributed by atoms with Gasteiger partial charge in [0.2, 0.25) is 0 Å². The number of hydrogen-bond acceptors (Lipinski definition) is 4. The van der Waals surface area contributed by atoms with Crippen LogP contribution in [0.4, 0.5) is 5.69 Å². The average Bonchev–Trinajstić information content (AvgIpc) is 2.76. The van der Waals surface area contributed by atoms with Crippen molar-refractivity contribution in [1.29, 1.82) is 0 Å². The summed E-state index contributed by atoms with van der Waals surface area (Å²) in [6, 6.07) is 3.45. The lowest BCUT2D eigenvalue weighted by atomic mass is 10.0. The molecule has 1 unspecified atom stereocenters. The van der Waals surface area contributed by atoms with Gasteiger partial charge in [-0.2, -0.15) is 0 Å². The molecule has 27 heavy (non-hydrogen) atoms. The topological polar surface area (TPSA) is 63.7 Å². The van der Waals surface area contributed by atoms with Gasteiger partial charge in [0.25, 0.3) is 11.8 Å². The molecule has 1 heterocycles. The molecule has 7 heteroatoms. The second-order valence-electron chi connectivity index (χ2n) is 7.45. The molecule has 1 aliphatic heterocycles. The van der Waals surface area contributed by atoms with Gasteiger partial charge in [0.1, 0.15) is 0 Å². The van der Waals surface area contributed by atoms with E-state index in [2.05, 4.69) is 6.30 Å². The number of benzene rings is 1. The van der Waals surface area contributed by atoms with Gasteiger partial charge in [0, 0.05) is 16.2 Å². The highest BCUT2D eigenvalue weighted by atomic mass is 35.5. The number of rotatable bonds is 5. The van der Waals surface area contributed by atoms with E-state index in [1.165, 1.54) is 12.0 Å². The third-order valence-corrected chi connectivity index (χ3v) is 7.38. The lowest BCUT2D eigenvalue weighted by molar-refractivity contribution is -0.140. The fraction of sp³-hybridized carbons (Fsp3) is 0.400. The molecule has 1 aromatic carbocycles. The van der Waals surface area contributed by atoms with Gasteiger partial charge >= 0.3 is 5.97 Å². The zero-order valence-electron chi connectivity index (χ0n) is 16.6. The first-order valence-electron chi connectivity index (χ1n) is 8.51. The Morgan fingerprint density at radius 2 is 1.70 bits per heavy atom. The second-order valence-corrected chi connectivity index (χ2v) is 12.0. The van der Waals surface area contributed by atoms with Crippen LogP contribution in [0.3, 0.4) is 0 Å². The first-order chi connectivity index (χ1) is 12.4. The van der Waals surface area contributed by atoms with Gasteiger partial charge in [-0.05, 0) is 63.8 Å². The Morgan fingerprint density at radius 3 is 2.15 bits per heavy atom. The second kappa shape index (κ2) is 7.65. The summed E-state index contributed by atoms with van der Waals surface area (Å²) in [6.07, 6.45) is 4.51. The van der Waals surface area contributed by atoms with Gasteiger partial charge in [-0.15, -0.1) is 13.2 Å². The molecule has 0 aliphatic carbocycles. The molecule has 1 atom stereocenters. The first-order valence-corrected chi connectivity index (χ1v) is 11.8. The SMILES string of the molecule is C=P(C)(C)C(Cc1cc(N2C(=O)C(C)=C(C)C2=O)c(C)cc1Cl)C(=O)OC. The van der Waals surface area contributed by atoms with Crippen LogP contribution in [0.1, 0.15) is 25.0 Å². The molecule has 0 aromatic heterocycles. The summed E-state index contributed by atoms with van der Waals surface area (Å²) in [5.74, 6) is -0.991. The summed E-state index contributed by atoms with van der Waals surface area (Å²) in [5.41, 5.74) is 2.35. The summed E-state index contributed by atoms with van der Waals surface area (Å²) in [6.45, 7) is 7.18. The predicted octanol–water partition coefficient (Wildman–Crippen LogP) is 3.65. The molecule has 0 bridgehead atoms. The number of aryl methyl sites for hydroxylation is 1. The van der Waals surface area contributed by atoms with Crippen molar-refractivity contribution in [3.63, 3.8) is 0 Å². The molecule has 0 saturated carbocycles. The minimum absolute atomic E-state index is 0.330. The number of nitrogens with zero attached hydrogens (tertiary/aromatic N) is 1. The van der Waals surface area contributed by atoms with Crippen LogP contribution >= 0.6 is 18.5 Å². The highest BCUT2D eigenvalue weighted by Gasteiger charge is 2.36. The van der Waals surface area contributed by atoms with Gasteiger partial charge in [-0.3, -0.25) is 14.4 Å². The van der Waals surface area contributed by atoms with E-state index in [1.54, 1.807) is 32.9 Å². The standard InChI is InChI=1S/C20H25ClNO4P/c1-11-8-15(21)14(10-17(20(25)26-4)27(5,6)7)9-16(11)22-18(23)12(2)13(3)19(22)24/h8-9,17H,5,10H2,1-4,6-7H3. The number of hydrogen-bond donors (Lipinski definition) is 0. The van der Waals surface area contributed by atoms with Crippen molar-refractivity contribution < 1.29 is 19.1 Å². The van der Waals surface area contributed by atoms with Crippen LogP contribution in [0.5, 0.6) is 0 Å². The van der Waals surface area contributed by atoms with E-state index in [1.807, 2.05) is 13.3 Å². The molecule has 1 aromatic rings. The Hall–Kier alpha value is -1.84. The highest BCUT2D eigenvalue weighted by Crippen LogP contribution is 2.45. The zero-order valence-corrected chi connectivity index (χ0v) is 18.2. The molecule has 0 saturated heterocycles. The van der Waals surface area contributed by atoms with Crippen LogP contribution in [-0.2, 0) is 25.5 Å². The Morgan fingerprint density at radius 1 is 1.19 bits per heavy atom.